The van der Waals surface area contributed by atoms with Gasteiger partial charge in [-0.15, -0.1) is 11.3 Å². The number of benzene rings is 1. The molecule has 1 aromatic carbocycles. The number of nitrogens with one attached hydrogen (secondary N) is 2. The maximum atomic E-state index is 12.1. The van der Waals surface area contributed by atoms with Crippen LogP contribution in [0.3, 0.4) is 0 Å². The first kappa shape index (κ1) is 12.0. The molecule has 1 amide bonds. The van der Waals surface area contributed by atoms with Gasteiger partial charge in [0.15, 0.2) is 0 Å². The number of aryl methyl sites for hydroxylation is 1. The predicted octanol–water partition coefficient (Wildman–Crippen LogP) is 3.47. The van der Waals surface area contributed by atoms with Gasteiger partial charge in [0, 0.05) is 15.8 Å². The lowest BCUT2D eigenvalue weighted by molar-refractivity contribution is 0.0947. The number of amides is 1. The van der Waals surface area contributed by atoms with Crippen LogP contribution in [0.25, 0.3) is 10.9 Å². The lowest BCUT2D eigenvalue weighted by atomic mass is 10.2. The Bertz CT molecular complexity index is 713. The van der Waals surface area contributed by atoms with Crippen LogP contribution < -0.4 is 5.32 Å². The Labute approximate surface area is 115 Å². The number of carbonyl (C=O) groups excluding carboxylic acids is 1. The fourth-order valence-electron chi connectivity index (χ4n) is 2.04. The van der Waals surface area contributed by atoms with Gasteiger partial charge in [0.2, 0.25) is 0 Å². The Hall–Kier alpha value is -2.07. The molecule has 0 aliphatic heterocycles. The molecule has 2 aromatic heterocycles. The summed E-state index contributed by atoms with van der Waals surface area (Å²) in [5.41, 5.74) is 2.79. The van der Waals surface area contributed by atoms with Crippen LogP contribution in [0.2, 0.25) is 0 Å². The van der Waals surface area contributed by atoms with Crippen LogP contribution >= 0.6 is 11.3 Å². The minimum Gasteiger partial charge on any atom is -0.351 e. The highest BCUT2D eigenvalue weighted by atomic mass is 32.1. The second kappa shape index (κ2) is 4.90. The van der Waals surface area contributed by atoms with E-state index in [0.717, 1.165) is 15.8 Å². The fourth-order valence-corrected chi connectivity index (χ4v) is 2.68. The van der Waals surface area contributed by atoms with Crippen molar-refractivity contribution in [1.82, 2.24) is 10.3 Å². The van der Waals surface area contributed by atoms with E-state index >= 15 is 0 Å². The third-order valence-corrected chi connectivity index (χ3v) is 3.90. The van der Waals surface area contributed by atoms with Crippen molar-refractivity contribution in [3.8, 4) is 0 Å². The van der Waals surface area contributed by atoms with Gasteiger partial charge in [-0.1, -0.05) is 18.2 Å². The molecule has 2 heterocycles. The van der Waals surface area contributed by atoms with E-state index in [1.54, 1.807) is 11.3 Å². The molecule has 2 N–H and O–H groups in total. The van der Waals surface area contributed by atoms with E-state index in [1.807, 2.05) is 48.7 Å². The monoisotopic (exact) mass is 270 g/mol. The smallest absolute Gasteiger partial charge is 0.268 e. The molecule has 0 radical (unpaired) electrons. The molecule has 0 spiro atoms. The van der Waals surface area contributed by atoms with Gasteiger partial charge in [0.05, 0.1) is 6.54 Å². The van der Waals surface area contributed by atoms with Gasteiger partial charge in [-0.25, -0.2) is 0 Å². The minimum atomic E-state index is -0.0674. The van der Waals surface area contributed by atoms with Gasteiger partial charge >= 0.3 is 0 Å². The summed E-state index contributed by atoms with van der Waals surface area (Å²) in [5, 5.41) is 5.99. The summed E-state index contributed by atoms with van der Waals surface area (Å²) in [6.45, 7) is 2.61. The van der Waals surface area contributed by atoms with Crippen molar-refractivity contribution in [1.29, 1.82) is 0 Å². The topological polar surface area (TPSA) is 44.9 Å². The Morgan fingerprint density at radius 2 is 2.21 bits per heavy atom. The molecule has 3 nitrogen and oxygen atoms in total. The van der Waals surface area contributed by atoms with E-state index in [2.05, 4.69) is 10.3 Å². The molecular formula is C15H14N2OS. The molecule has 0 aliphatic rings. The zero-order valence-corrected chi connectivity index (χ0v) is 11.4. The quantitative estimate of drug-likeness (QED) is 0.752. The van der Waals surface area contributed by atoms with Gasteiger partial charge in [-0.05, 0) is 36.1 Å². The summed E-state index contributed by atoms with van der Waals surface area (Å²) in [6.07, 6.45) is 0. The standard InChI is InChI=1S/C15H14N2OS/c1-10-4-5-11-8-14(17-13(11)7-10)15(18)16-9-12-3-2-6-19-12/h2-8,17H,9H2,1H3,(H,16,18). The van der Waals surface area contributed by atoms with Crippen molar-refractivity contribution >= 4 is 28.1 Å². The van der Waals surface area contributed by atoms with E-state index in [4.69, 9.17) is 0 Å². The number of rotatable bonds is 3. The van der Waals surface area contributed by atoms with Crippen molar-refractivity contribution in [2.45, 2.75) is 13.5 Å². The SMILES string of the molecule is Cc1ccc2cc(C(=O)NCc3cccs3)[nH]c2c1. The molecule has 3 rings (SSSR count). The van der Waals surface area contributed by atoms with E-state index < -0.39 is 0 Å². The van der Waals surface area contributed by atoms with Crippen molar-refractivity contribution < 1.29 is 4.79 Å². The highest BCUT2D eigenvalue weighted by Crippen LogP contribution is 2.17. The van der Waals surface area contributed by atoms with Crippen molar-refractivity contribution in [2.75, 3.05) is 0 Å². The number of aromatic nitrogens is 1. The normalized spacial score (nSPS) is 10.8. The molecular weight excluding hydrogens is 256 g/mol. The van der Waals surface area contributed by atoms with E-state index in [0.29, 0.717) is 12.2 Å². The Kier molecular flexibility index (Phi) is 3.09. The zero-order chi connectivity index (χ0) is 13.2. The number of hydrogen-bond donors (Lipinski definition) is 2. The van der Waals surface area contributed by atoms with E-state index in [-0.39, 0.29) is 5.91 Å². The summed E-state index contributed by atoms with van der Waals surface area (Å²) in [4.78, 5) is 16.4. The fraction of sp³-hybridized carbons (Fsp3) is 0.133. The molecule has 0 atom stereocenters. The molecule has 4 heteroatoms. The number of hydrogen-bond acceptors (Lipinski definition) is 2. The van der Waals surface area contributed by atoms with Gasteiger partial charge in [-0.3, -0.25) is 4.79 Å². The molecule has 96 valence electrons. The lowest BCUT2D eigenvalue weighted by Gasteiger charge is -2.00. The summed E-state index contributed by atoms with van der Waals surface area (Å²) < 4.78 is 0. The Balaban J connectivity index is 1.77. The molecule has 3 aromatic rings. The molecule has 0 fully saturated rings. The highest BCUT2D eigenvalue weighted by Gasteiger charge is 2.09. The third-order valence-electron chi connectivity index (χ3n) is 3.03. The largest absolute Gasteiger partial charge is 0.351 e. The number of carbonyl (C=O) groups is 1. The number of aromatic amines is 1. The molecule has 0 bridgehead atoms. The maximum absolute atomic E-state index is 12.1. The summed E-state index contributed by atoms with van der Waals surface area (Å²) in [5.74, 6) is -0.0674. The summed E-state index contributed by atoms with van der Waals surface area (Å²) in [6, 6.07) is 12.0. The first-order chi connectivity index (χ1) is 9.22. The van der Waals surface area contributed by atoms with Crippen molar-refractivity contribution in [2.24, 2.45) is 0 Å². The average molecular weight is 270 g/mol. The third kappa shape index (κ3) is 2.53. The highest BCUT2D eigenvalue weighted by molar-refractivity contribution is 7.09. The molecule has 0 aliphatic carbocycles. The molecule has 0 saturated carbocycles. The first-order valence-corrected chi connectivity index (χ1v) is 7.00. The lowest BCUT2D eigenvalue weighted by Crippen LogP contribution is -2.22. The van der Waals surface area contributed by atoms with Crippen LogP contribution in [0.4, 0.5) is 0 Å². The number of fused-ring (bicyclic) bond motifs is 1. The molecule has 0 saturated heterocycles. The first-order valence-electron chi connectivity index (χ1n) is 6.12. The molecule has 0 unspecified atom stereocenters. The van der Waals surface area contributed by atoms with Crippen molar-refractivity contribution in [3.05, 3.63) is 57.9 Å². The van der Waals surface area contributed by atoms with Crippen LogP contribution in [0.1, 0.15) is 20.9 Å². The van der Waals surface area contributed by atoms with Gasteiger partial charge in [0.1, 0.15) is 5.69 Å². The Morgan fingerprint density at radius 1 is 1.32 bits per heavy atom. The van der Waals surface area contributed by atoms with Crippen molar-refractivity contribution in [3.63, 3.8) is 0 Å². The molecule has 19 heavy (non-hydrogen) atoms. The minimum absolute atomic E-state index is 0.0674. The van der Waals surface area contributed by atoms with Gasteiger partial charge in [-0.2, -0.15) is 0 Å². The van der Waals surface area contributed by atoms with Crippen LogP contribution in [0, 0.1) is 6.92 Å². The maximum Gasteiger partial charge on any atom is 0.268 e. The second-order valence-electron chi connectivity index (χ2n) is 4.54. The number of H-pyrrole nitrogens is 1. The predicted molar refractivity (Wildman–Crippen MR) is 78.5 cm³/mol. The van der Waals surface area contributed by atoms with Crippen LogP contribution in [-0.2, 0) is 6.54 Å². The van der Waals surface area contributed by atoms with Crippen LogP contribution in [0.15, 0.2) is 41.8 Å². The summed E-state index contributed by atoms with van der Waals surface area (Å²) in [7, 11) is 0. The second-order valence-corrected chi connectivity index (χ2v) is 5.57. The number of thiophene rings is 1. The Morgan fingerprint density at radius 3 is 3.00 bits per heavy atom. The zero-order valence-electron chi connectivity index (χ0n) is 10.6. The van der Waals surface area contributed by atoms with Crippen LogP contribution in [0.5, 0.6) is 0 Å². The average Bonchev–Trinajstić information content (AvgIpc) is 3.04. The van der Waals surface area contributed by atoms with Gasteiger partial charge < -0.3 is 10.3 Å². The van der Waals surface area contributed by atoms with E-state index in [1.165, 1.54) is 5.56 Å². The summed E-state index contributed by atoms with van der Waals surface area (Å²) >= 11 is 1.64. The van der Waals surface area contributed by atoms with E-state index in [9.17, 15) is 4.79 Å². The van der Waals surface area contributed by atoms with Crippen LogP contribution in [-0.4, -0.2) is 10.9 Å². The van der Waals surface area contributed by atoms with Gasteiger partial charge in [0.25, 0.3) is 5.91 Å².